The minimum atomic E-state index is -1.18. The van der Waals surface area contributed by atoms with Crippen molar-refractivity contribution in [3.8, 4) is 0 Å². The summed E-state index contributed by atoms with van der Waals surface area (Å²) < 4.78 is 26.2. The van der Waals surface area contributed by atoms with Gasteiger partial charge in [-0.2, -0.15) is 0 Å². The summed E-state index contributed by atoms with van der Waals surface area (Å²) in [4.78, 5) is 7.57. The molecule has 106 valence electrons. The van der Waals surface area contributed by atoms with Crippen LogP contribution in [0.3, 0.4) is 0 Å². The van der Waals surface area contributed by atoms with Crippen LogP contribution >= 0.6 is 0 Å². The highest BCUT2D eigenvalue weighted by Crippen LogP contribution is 2.13. The Morgan fingerprint density at radius 3 is 2.68 bits per heavy atom. The van der Waals surface area contributed by atoms with Crippen molar-refractivity contribution in [3.05, 3.63) is 24.0 Å². The molecule has 0 aliphatic rings. The van der Waals surface area contributed by atoms with Gasteiger partial charge >= 0.3 is 0 Å². The van der Waals surface area contributed by atoms with Crippen molar-refractivity contribution in [1.29, 1.82) is 0 Å². The standard InChI is InChI=1S/C11H18F2N6/c1-6(5-19(15)11(16-3)7(2)12)10-17-4-8(13)9(14)18-10/h4-5,7,11,16H,15H2,1-3H3,(H2,14,17,18)/b6-5+/t7?,11-/m0/s1. The van der Waals surface area contributed by atoms with Gasteiger partial charge in [-0.25, -0.2) is 24.6 Å². The molecule has 5 N–H and O–H groups in total. The average molecular weight is 272 g/mol. The van der Waals surface area contributed by atoms with Crippen molar-refractivity contribution in [2.24, 2.45) is 5.84 Å². The average Bonchev–Trinajstić information content (AvgIpc) is 2.32. The summed E-state index contributed by atoms with van der Waals surface area (Å²) in [6, 6.07) is 0. The summed E-state index contributed by atoms with van der Waals surface area (Å²) in [5, 5.41) is 3.90. The summed E-state index contributed by atoms with van der Waals surface area (Å²) in [6.45, 7) is 3.05. The van der Waals surface area contributed by atoms with E-state index in [1.807, 2.05) is 0 Å². The number of nitrogens with zero attached hydrogens (tertiary/aromatic N) is 3. The van der Waals surface area contributed by atoms with Crippen LogP contribution in [-0.2, 0) is 0 Å². The first-order chi connectivity index (χ1) is 8.86. The molecule has 0 radical (unpaired) electrons. The molecule has 0 amide bonds. The molecule has 0 saturated carbocycles. The van der Waals surface area contributed by atoms with E-state index in [0.717, 1.165) is 6.20 Å². The van der Waals surface area contributed by atoms with Gasteiger partial charge in [0.1, 0.15) is 12.3 Å². The Kier molecular flexibility index (Phi) is 5.13. The Morgan fingerprint density at radius 2 is 2.21 bits per heavy atom. The summed E-state index contributed by atoms with van der Waals surface area (Å²) in [7, 11) is 1.59. The summed E-state index contributed by atoms with van der Waals surface area (Å²) in [5.41, 5.74) is 5.89. The molecule has 0 aromatic carbocycles. The van der Waals surface area contributed by atoms with E-state index >= 15 is 0 Å². The number of alkyl halides is 1. The molecular weight excluding hydrogens is 254 g/mol. The molecule has 0 fully saturated rings. The van der Waals surface area contributed by atoms with Crippen LogP contribution in [0.15, 0.2) is 12.4 Å². The van der Waals surface area contributed by atoms with Gasteiger partial charge in [0.15, 0.2) is 17.5 Å². The molecule has 8 heteroatoms. The zero-order valence-electron chi connectivity index (χ0n) is 11.1. The molecule has 0 aliphatic heterocycles. The van der Waals surface area contributed by atoms with Gasteiger partial charge in [-0.05, 0) is 20.9 Å². The van der Waals surface area contributed by atoms with E-state index in [2.05, 4.69) is 15.3 Å². The highest BCUT2D eigenvalue weighted by Gasteiger charge is 2.18. The van der Waals surface area contributed by atoms with Crippen LogP contribution in [0.1, 0.15) is 19.7 Å². The van der Waals surface area contributed by atoms with Crippen molar-refractivity contribution >= 4 is 11.4 Å². The van der Waals surface area contributed by atoms with Crippen molar-refractivity contribution in [2.45, 2.75) is 26.2 Å². The zero-order valence-corrected chi connectivity index (χ0v) is 11.1. The van der Waals surface area contributed by atoms with Gasteiger partial charge in [0.2, 0.25) is 0 Å². The molecule has 1 unspecified atom stereocenters. The summed E-state index contributed by atoms with van der Waals surface area (Å²) in [6.07, 6.45) is 0.568. The third-order valence-electron chi connectivity index (χ3n) is 2.52. The lowest BCUT2D eigenvalue weighted by atomic mass is 10.2. The fourth-order valence-corrected chi connectivity index (χ4v) is 1.55. The normalized spacial score (nSPS) is 15.2. The second kappa shape index (κ2) is 6.39. The minimum absolute atomic E-state index is 0.232. The van der Waals surface area contributed by atoms with Crippen LogP contribution in [0.4, 0.5) is 14.6 Å². The number of nitrogen functional groups attached to an aromatic ring is 1. The van der Waals surface area contributed by atoms with Crippen molar-refractivity contribution in [1.82, 2.24) is 20.3 Å². The monoisotopic (exact) mass is 272 g/mol. The molecule has 2 atom stereocenters. The van der Waals surface area contributed by atoms with E-state index in [1.54, 1.807) is 14.0 Å². The molecule has 0 aliphatic carbocycles. The van der Waals surface area contributed by atoms with Gasteiger partial charge in [-0.3, -0.25) is 10.3 Å². The quantitative estimate of drug-likeness (QED) is 0.414. The van der Waals surface area contributed by atoms with E-state index in [1.165, 1.54) is 18.1 Å². The molecule has 1 aromatic heterocycles. The van der Waals surface area contributed by atoms with Gasteiger partial charge in [-0.15, -0.1) is 0 Å². The molecule has 1 rings (SSSR count). The number of nitrogens with two attached hydrogens (primary N) is 2. The molecule has 1 aromatic rings. The Labute approximate surface area is 110 Å². The van der Waals surface area contributed by atoms with E-state index in [4.69, 9.17) is 11.6 Å². The van der Waals surface area contributed by atoms with Crippen molar-refractivity contribution < 1.29 is 8.78 Å². The number of halogens is 2. The van der Waals surface area contributed by atoms with E-state index in [0.29, 0.717) is 5.57 Å². The van der Waals surface area contributed by atoms with Crippen molar-refractivity contribution in [2.75, 3.05) is 12.8 Å². The maximum Gasteiger partial charge on any atom is 0.183 e. The second-order valence-electron chi connectivity index (χ2n) is 4.10. The zero-order chi connectivity index (χ0) is 14.6. The summed E-state index contributed by atoms with van der Waals surface area (Å²) in [5.74, 6) is 5.03. The van der Waals surface area contributed by atoms with Gasteiger partial charge in [0.05, 0.1) is 6.20 Å². The molecule has 0 saturated heterocycles. The Balaban J connectivity index is 2.94. The minimum Gasteiger partial charge on any atom is -0.381 e. The Hall–Kier alpha value is -1.80. The number of nitrogens with one attached hydrogen (secondary N) is 1. The lowest BCUT2D eigenvalue weighted by Crippen LogP contribution is -2.50. The fourth-order valence-electron chi connectivity index (χ4n) is 1.55. The largest absolute Gasteiger partial charge is 0.381 e. The highest BCUT2D eigenvalue weighted by atomic mass is 19.1. The molecule has 6 nitrogen and oxygen atoms in total. The SMILES string of the molecule is CN[C@H](C(C)F)N(N)/C=C(\C)c1ncc(F)c(N)n1. The molecule has 0 bridgehead atoms. The first kappa shape index (κ1) is 15.3. The van der Waals surface area contributed by atoms with Gasteiger partial charge in [-0.1, -0.05) is 0 Å². The predicted octanol–water partition coefficient (Wildman–Crippen LogP) is 0.638. The number of rotatable bonds is 5. The van der Waals surface area contributed by atoms with E-state index in [-0.39, 0.29) is 11.6 Å². The van der Waals surface area contributed by atoms with Crippen LogP contribution in [0.25, 0.3) is 5.57 Å². The molecule has 0 spiro atoms. The predicted molar refractivity (Wildman–Crippen MR) is 69.5 cm³/mol. The number of anilines is 1. The lowest BCUT2D eigenvalue weighted by molar-refractivity contribution is 0.144. The first-order valence-corrected chi connectivity index (χ1v) is 5.68. The van der Waals surface area contributed by atoms with Crippen LogP contribution < -0.4 is 16.9 Å². The Morgan fingerprint density at radius 1 is 1.58 bits per heavy atom. The smallest absolute Gasteiger partial charge is 0.183 e. The van der Waals surface area contributed by atoms with Gasteiger partial charge < -0.3 is 5.73 Å². The van der Waals surface area contributed by atoms with Gasteiger partial charge in [0, 0.05) is 11.8 Å². The topological polar surface area (TPSA) is 93.1 Å². The maximum absolute atomic E-state index is 13.3. The fraction of sp³-hybridized carbons (Fsp3) is 0.455. The van der Waals surface area contributed by atoms with E-state index < -0.39 is 18.2 Å². The van der Waals surface area contributed by atoms with Crippen LogP contribution in [-0.4, -0.2) is 34.4 Å². The third kappa shape index (κ3) is 3.83. The molecule has 1 heterocycles. The number of allylic oxidation sites excluding steroid dienone is 1. The number of hydrogen-bond acceptors (Lipinski definition) is 6. The lowest BCUT2D eigenvalue weighted by Gasteiger charge is -2.27. The molecular formula is C11H18F2N6. The van der Waals surface area contributed by atoms with Crippen molar-refractivity contribution in [3.63, 3.8) is 0 Å². The third-order valence-corrected chi connectivity index (χ3v) is 2.52. The van der Waals surface area contributed by atoms with E-state index in [9.17, 15) is 8.78 Å². The summed E-state index contributed by atoms with van der Waals surface area (Å²) >= 11 is 0. The maximum atomic E-state index is 13.3. The number of aromatic nitrogens is 2. The highest BCUT2D eigenvalue weighted by molar-refractivity contribution is 5.57. The van der Waals surface area contributed by atoms with Gasteiger partial charge in [0.25, 0.3) is 0 Å². The number of hydrazine groups is 1. The first-order valence-electron chi connectivity index (χ1n) is 5.68. The Bertz CT molecular complexity index is 462. The number of hydrogen-bond donors (Lipinski definition) is 3. The van der Waals surface area contributed by atoms with Crippen LogP contribution in [0.2, 0.25) is 0 Å². The second-order valence-corrected chi connectivity index (χ2v) is 4.10. The van der Waals surface area contributed by atoms with Crippen LogP contribution in [0.5, 0.6) is 0 Å². The molecule has 19 heavy (non-hydrogen) atoms. The van der Waals surface area contributed by atoms with Crippen LogP contribution in [0, 0.1) is 5.82 Å².